The van der Waals surface area contributed by atoms with Gasteiger partial charge in [0.25, 0.3) is 0 Å². The van der Waals surface area contributed by atoms with E-state index in [2.05, 4.69) is 17.4 Å². The first-order valence-electron chi connectivity index (χ1n) is 9.05. The minimum absolute atomic E-state index is 0.0852. The molecule has 1 heterocycles. The molecule has 6 nitrogen and oxygen atoms in total. The number of thioether (sulfide) groups is 1. The number of anilines is 1. The first-order chi connectivity index (χ1) is 11.9. The van der Waals surface area contributed by atoms with E-state index in [1.165, 1.54) is 0 Å². The second-order valence-electron chi connectivity index (χ2n) is 8.26. The highest BCUT2D eigenvalue weighted by Crippen LogP contribution is 2.29. The number of nitrogens with zero attached hydrogens (tertiary/aromatic N) is 2. The minimum atomic E-state index is -0.609. The molecular formula is C19H33N3O3S. The van der Waals surface area contributed by atoms with Crippen molar-refractivity contribution in [2.24, 2.45) is 5.92 Å². The van der Waals surface area contributed by atoms with Crippen LogP contribution in [-0.4, -0.2) is 45.5 Å². The summed E-state index contributed by atoms with van der Waals surface area (Å²) in [6, 6.07) is 1.77. The molecule has 0 saturated heterocycles. The predicted molar refractivity (Wildman–Crippen MR) is 107 cm³/mol. The van der Waals surface area contributed by atoms with Crippen LogP contribution >= 0.6 is 11.8 Å². The third kappa shape index (κ3) is 6.67. The molecule has 0 radical (unpaired) electrons. The van der Waals surface area contributed by atoms with Gasteiger partial charge in [-0.15, -0.1) is 11.8 Å². The fourth-order valence-electron chi connectivity index (χ4n) is 2.28. The van der Waals surface area contributed by atoms with Gasteiger partial charge in [0.1, 0.15) is 5.76 Å². The van der Waals surface area contributed by atoms with Crippen molar-refractivity contribution in [2.45, 2.75) is 65.6 Å². The molecule has 0 aliphatic rings. The number of hydrogen-bond acceptors (Lipinski definition) is 5. The van der Waals surface area contributed by atoms with E-state index in [9.17, 15) is 9.59 Å². The Morgan fingerprint density at radius 3 is 2.38 bits per heavy atom. The molecule has 0 aromatic carbocycles. The van der Waals surface area contributed by atoms with E-state index < -0.39 is 4.75 Å². The van der Waals surface area contributed by atoms with Crippen LogP contribution in [0.4, 0.5) is 5.82 Å². The van der Waals surface area contributed by atoms with Gasteiger partial charge in [0.2, 0.25) is 11.8 Å². The first-order valence-corrected chi connectivity index (χ1v) is 10.0. The van der Waals surface area contributed by atoms with Crippen LogP contribution in [0.15, 0.2) is 10.6 Å². The summed E-state index contributed by atoms with van der Waals surface area (Å²) in [5.41, 5.74) is -0.155. The number of aromatic nitrogens is 1. The second kappa shape index (κ2) is 8.93. The monoisotopic (exact) mass is 383 g/mol. The van der Waals surface area contributed by atoms with Gasteiger partial charge in [-0.2, -0.15) is 0 Å². The van der Waals surface area contributed by atoms with Crippen molar-refractivity contribution in [3.8, 4) is 0 Å². The molecule has 0 fully saturated rings. The molecule has 26 heavy (non-hydrogen) atoms. The van der Waals surface area contributed by atoms with Gasteiger partial charge < -0.3 is 14.7 Å². The van der Waals surface area contributed by atoms with Crippen LogP contribution in [-0.2, 0) is 15.0 Å². The van der Waals surface area contributed by atoms with Crippen molar-refractivity contribution < 1.29 is 14.1 Å². The molecule has 1 aromatic heterocycles. The normalized spacial score (nSPS) is 13.4. The van der Waals surface area contributed by atoms with Crippen LogP contribution in [0.25, 0.3) is 0 Å². The Bertz CT molecular complexity index is 620. The molecule has 0 spiro atoms. The maximum absolute atomic E-state index is 12.6. The topological polar surface area (TPSA) is 75.4 Å². The molecule has 7 heteroatoms. The van der Waals surface area contributed by atoms with Gasteiger partial charge in [0, 0.05) is 31.5 Å². The fraction of sp³-hybridized carbons (Fsp3) is 0.737. The van der Waals surface area contributed by atoms with E-state index in [1.807, 2.05) is 46.4 Å². The summed E-state index contributed by atoms with van der Waals surface area (Å²) >= 11 is 1.58. The lowest BCUT2D eigenvalue weighted by molar-refractivity contribution is -0.129. The zero-order valence-corrected chi connectivity index (χ0v) is 18.1. The van der Waals surface area contributed by atoms with E-state index in [4.69, 9.17) is 4.52 Å². The Labute approximate surface area is 161 Å². The fourth-order valence-corrected chi connectivity index (χ4v) is 3.27. The van der Waals surface area contributed by atoms with Crippen molar-refractivity contribution >= 4 is 29.4 Å². The molecule has 1 N–H and O–H groups in total. The smallest absolute Gasteiger partial charge is 0.241 e. The maximum atomic E-state index is 12.6. The quantitative estimate of drug-likeness (QED) is 0.736. The predicted octanol–water partition coefficient (Wildman–Crippen LogP) is 3.93. The van der Waals surface area contributed by atoms with Gasteiger partial charge in [0.05, 0.1) is 4.75 Å². The number of rotatable bonds is 8. The summed E-state index contributed by atoms with van der Waals surface area (Å²) in [5.74, 6) is 2.24. The second-order valence-corrected chi connectivity index (χ2v) is 9.91. The van der Waals surface area contributed by atoms with E-state index in [1.54, 1.807) is 24.8 Å². The summed E-state index contributed by atoms with van der Waals surface area (Å²) in [6.45, 7) is 16.9. The van der Waals surface area contributed by atoms with Gasteiger partial charge in [0.15, 0.2) is 5.82 Å². The van der Waals surface area contributed by atoms with Crippen molar-refractivity contribution in [3.05, 3.63) is 11.8 Å². The summed E-state index contributed by atoms with van der Waals surface area (Å²) < 4.78 is 4.70. The molecule has 0 bridgehead atoms. The molecule has 1 unspecified atom stereocenters. The molecule has 0 aliphatic heterocycles. The standard InChI is InChI=1S/C19H33N3O3S/c1-9-22(14(3)23)11-13(2)12-26-19(7,8)17(24)20-16-10-15(25-21-16)18(4,5)6/h10,13H,9,11-12H2,1-8H3,(H,20,21,24). The first kappa shape index (κ1) is 22.5. The number of carbonyl (C=O) groups excluding carboxylic acids is 2. The van der Waals surface area contributed by atoms with Crippen LogP contribution in [0.1, 0.15) is 61.2 Å². The molecular weight excluding hydrogens is 350 g/mol. The molecule has 148 valence electrons. The maximum Gasteiger partial charge on any atom is 0.241 e. The zero-order valence-electron chi connectivity index (χ0n) is 17.3. The molecule has 1 atom stereocenters. The highest BCUT2D eigenvalue weighted by atomic mass is 32.2. The van der Waals surface area contributed by atoms with E-state index in [0.717, 1.165) is 11.5 Å². The number of amides is 2. The van der Waals surface area contributed by atoms with E-state index in [0.29, 0.717) is 24.8 Å². The summed E-state index contributed by atoms with van der Waals surface area (Å²) in [6.07, 6.45) is 0. The average Bonchev–Trinajstić information content (AvgIpc) is 2.99. The molecule has 0 aliphatic carbocycles. The van der Waals surface area contributed by atoms with E-state index in [-0.39, 0.29) is 17.2 Å². The van der Waals surface area contributed by atoms with Crippen molar-refractivity contribution in [1.29, 1.82) is 0 Å². The SMILES string of the molecule is CCN(CC(C)CSC(C)(C)C(=O)Nc1cc(C(C)(C)C)on1)C(C)=O. The van der Waals surface area contributed by atoms with Gasteiger partial charge in [-0.25, -0.2) is 0 Å². The van der Waals surface area contributed by atoms with Crippen LogP contribution in [0.5, 0.6) is 0 Å². The Hall–Kier alpha value is -1.50. The summed E-state index contributed by atoms with van der Waals surface area (Å²) in [4.78, 5) is 26.0. The lowest BCUT2D eigenvalue weighted by atomic mass is 9.93. The third-order valence-corrected chi connectivity index (χ3v) is 5.77. The van der Waals surface area contributed by atoms with Crippen LogP contribution < -0.4 is 5.32 Å². The summed E-state index contributed by atoms with van der Waals surface area (Å²) in [7, 11) is 0. The average molecular weight is 384 g/mol. The lowest BCUT2D eigenvalue weighted by Crippen LogP contribution is -2.37. The minimum Gasteiger partial charge on any atom is -0.359 e. The summed E-state index contributed by atoms with van der Waals surface area (Å²) in [5, 5.41) is 6.78. The van der Waals surface area contributed by atoms with E-state index >= 15 is 0 Å². The van der Waals surface area contributed by atoms with Gasteiger partial charge in [-0.3, -0.25) is 9.59 Å². The van der Waals surface area contributed by atoms with Gasteiger partial charge in [-0.1, -0.05) is 32.9 Å². The molecule has 0 saturated carbocycles. The highest BCUT2D eigenvalue weighted by Gasteiger charge is 2.30. The van der Waals surface area contributed by atoms with Crippen molar-refractivity contribution in [1.82, 2.24) is 10.1 Å². The Morgan fingerprint density at radius 1 is 1.31 bits per heavy atom. The van der Waals surface area contributed by atoms with Crippen LogP contribution in [0.3, 0.4) is 0 Å². The van der Waals surface area contributed by atoms with Gasteiger partial charge >= 0.3 is 0 Å². The largest absolute Gasteiger partial charge is 0.359 e. The zero-order chi connectivity index (χ0) is 20.1. The third-order valence-electron chi connectivity index (χ3n) is 4.13. The van der Waals surface area contributed by atoms with Crippen molar-refractivity contribution in [2.75, 3.05) is 24.2 Å². The Morgan fingerprint density at radius 2 is 1.92 bits per heavy atom. The molecule has 1 aromatic rings. The molecule has 1 rings (SSSR count). The van der Waals surface area contributed by atoms with Crippen molar-refractivity contribution in [3.63, 3.8) is 0 Å². The molecule has 2 amide bonds. The number of hydrogen-bond donors (Lipinski definition) is 1. The Balaban J connectivity index is 2.59. The number of carbonyl (C=O) groups is 2. The highest BCUT2D eigenvalue weighted by molar-refractivity contribution is 8.01. The lowest BCUT2D eigenvalue weighted by Gasteiger charge is -2.27. The van der Waals surface area contributed by atoms with Crippen LogP contribution in [0.2, 0.25) is 0 Å². The van der Waals surface area contributed by atoms with Gasteiger partial charge in [-0.05, 0) is 32.4 Å². The van der Waals surface area contributed by atoms with Crippen LogP contribution in [0, 0.1) is 5.92 Å². The Kier molecular flexibility index (Phi) is 7.74. The number of nitrogens with one attached hydrogen (secondary N) is 1.